The summed E-state index contributed by atoms with van der Waals surface area (Å²) in [7, 11) is 1.67. The van der Waals surface area contributed by atoms with Crippen molar-refractivity contribution in [1.82, 2.24) is 0 Å². The third-order valence-corrected chi connectivity index (χ3v) is 4.06. The van der Waals surface area contributed by atoms with E-state index in [2.05, 4.69) is 39.4 Å². The molecule has 0 aliphatic heterocycles. The van der Waals surface area contributed by atoms with Gasteiger partial charge in [0.05, 0.1) is 7.11 Å². The SMILES string of the molecule is COc1ccc(Br)c(CNc2cccc(CCCO)c2)c1. The van der Waals surface area contributed by atoms with Crippen molar-refractivity contribution in [2.45, 2.75) is 19.4 Å². The number of halogens is 1. The van der Waals surface area contributed by atoms with E-state index in [1.165, 1.54) is 5.56 Å². The number of aliphatic hydroxyl groups is 1. The third kappa shape index (κ3) is 4.76. The molecule has 0 atom stereocenters. The molecule has 2 aromatic carbocycles. The van der Waals surface area contributed by atoms with E-state index >= 15 is 0 Å². The van der Waals surface area contributed by atoms with Gasteiger partial charge in [-0.15, -0.1) is 0 Å². The molecule has 112 valence electrons. The lowest BCUT2D eigenvalue weighted by atomic mass is 10.1. The monoisotopic (exact) mass is 349 g/mol. The largest absolute Gasteiger partial charge is 0.497 e. The lowest BCUT2D eigenvalue weighted by molar-refractivity contribution is 0.288. The standard InChI is InChI=1S/C17H20BrNO2/c1-21-16-7-8-17(18)14(11-16)12-19-15-6-2-4-13(10-15)5-3-9-20/h2,4,6-8,10-11,19-20H,3,5,9,12H2,1H3. The summed E-state index contributed by atoms with van der Waals surface area (Å²) in [5.74, 6) is 0.853. The first-order valence-electron chi connectivity index (χ1n) is 6.99. The number of ether oxygens (including phenoxy) is 1. The molecule has 0 spiro atoms. The van der Waals surface area contributed by atoms with E-state index in [-0.39, 0.29) is 6.61 Å². The van der Waals surface area contributed by atoms with Gasteiger partial charge in [-0.05, 0) is 54.3 Å². The van der Waals surface area contributed by atoms with Gasteiger partial charge in [0, 0.05) is 23.3 Å². The Kier molecular flexibility index (Phi) is 6.08. The Bertz CT molecular complexity index is 587. The van der Waals surface area contributed by atoms with E-state index in [1.807, 2.05) is 24.3 Å². The van der Waals surface area contributed by atoms with E-state index in [0.29, 0.717) is 0 Å². The normalized spacial score (nSPS) is 10.4. The Labute approximate surface area is 134 Å². The van der Waals surface area contributed by atoms with E-state index in [9.17, 15) is 0 Å². The smallest absolute Gasteiger partial charge is 0.119 e. The number of anilines is 1. The summed E-state index contributed by atoms with van der Waals surface area (Å²) in [5, 5.41) is 12.3. The fourth-order valence-corrected chi connectivity index (χ4v) is 2.52. The molecule has 0 fully saturated rings. The Morgan fingerprint density at radius 2 is 2.05 bits per heavy atom. The Morgan fingerprint density at radius 3 is 2.81 bits per heavy atom. The molecule has 0 aromatic heterocycles. The predicted molar refractivity (Wildman–Crippen MR) is 89.9 cm³/mol. The van der Waals surface area contributed by atoms with Crippen LogP contribution in [0.3, 0.4) is 0 Å². The van der Waals surface area contributed by atoms with Gasteiger partial charge >= 0.3 is 0 Å². The molecule has 0 saturated carbocycles. The summed E-state index contributed by atoms with van der Waals surface area (Å²) in [4.78, 5) is 0. The molecule has 0 aliphatic carbocycles. The van der Waals surface area contributed by atoms with Gasteiger partial charge in [0.2, 0.25) is 0 Å². The number of rotatable bonds is 7. The molecule has 0 unspecified atom stereocenters. The van der Waals surface area contributed by atoms with E-state index < -0.39 is 0 Å². The van der Waals surface area contributed by atoms with Crippen LogP contribution < -0.4 is 10.1 Å². The van der Waals surface area contributed by atoms with Crippen LogP contribution in [-0.4, -0.2) is 18.8 Å². The maximum atomic E-state index is 8.90. The molecular formula is C17H20BrNO2. The van der Waals surface area contributed by atoms with Crippen molar-refractivity contribution in [3.63, 3.8) is 0 Å². The van der Waals surface area contributed by atoms with E-state index in [1.54, 1.807) is 7.11 Å². The second kappa shape index (κ2) is 8.05. The fourth-order valence-electron chi connectivity index (χ4n) is 2.13. The molecule has 0 radical (unpaired) electrons. The zero-order valence-corrected chi connectivity index (χ0v) is 13.7. The lowest BCUT2D eigenvalue weighted by Crippen LogP contribution is -2.01. The minimum absolute atomic E-state index is 0.231. The van der Waals surface area contributed by atoms with Gasteiger partial charge < -0.3 is 15.2 Å². The topological polar surface area (TPSA) is 41.5 Å². The van der Waals surface area contributed by atoms with Crippen LogP contribution in [0.25, 0.3) is 0 Å². The van der Waals surface area contributed by atoms with Crippen LogP contribution in [0.4, 0.5) is 5.69 Å². The highest BCUT2D eigenvalue weighted by Gasteiger charge is 2.03. The van der Waals surface area contributed by atoms with E-state index in [0.717, 1.165) is 40.9 Å². The van der Waals surface area contributed by atoms with Gasteiger partial charge in [-0.2, -0.15) is 0 Å². The number of benzene rings is 2. The first-order valence-corrected chi connectivity index (χ1v) is 7.78. The van der Waals surface area contributed by atoms with Crippen LogP contribution in [0.5, 0.6) is 5.75 Å². The van der Waals surface area contributed by atoms with Crippen molar-refractivity contribution in [2.75, 3.05) is 19.0 Å². The van der Waals surface area contributed by atoms with Crippen LogP contribution in [0.1, 0.15) is 17.5 Å². The molecule has 0 bridgehead atoms. The molecule has 21 heavy (non-hydrogen) atoms. The zero-order chi connectivity index (χ0) is 15.1. The van der Waals surface area contributed by atoms with Gasteiger partial charge in [-0.25, -0.2) is 0 Å². The number of nitrogens with one attached hydrogen (secondary N) is 1. The molecule has 0 amide bonds. The molecule has 3 nitrogen and oxygen atoms in total. The molecule has 0 aliphatic rings. The highest BCUT2D eigenvalue weighted by molar-refractivity contribution is 9.10. The second-order valence-corrected chi connectivity index (χ2v) is 5.69. The first-order chi connectivity index (χ1) is 10.2. The van der Waals surface area contributed by atoms with Crippen molar-refractivity contribution < 1.29 is 9.84 Å². The molecule has 0 heterocycles. The molecule has 4 heteroatoms. The fraction of sp³-hybridized carbons (Fsp3) is 0.294. The maximum Gasteiger partial charge on any atom is 0.119 e. The summed E-state index contributed by atoms with van der Waals surface area (Å²) < 4.78 is 6.32. The average molecular weight is 350 g/mol. The molecule has 0 saturated heterocycles. The van der Waals surface area contributed by atoms with Crippen LogP contribution in [0, 0.1) is 0 Å². The molecule has 2 N–H and O–H groups in total. The summed E-state index contributed by atoms with van der Waals surface area (Å²) in [6.45, 7) is 0.954. The van der Waals surface area contributed by atoms with Crippen LogP contribution >= 0.6 is 15.9 Å². The van der Waals surface area contributed by atoms with E-state index in [4.69, 9.17) is 9.84 Å². The van der Waals surface area contributed by atoms with Gasteiger partial charge in [-0.3, -0.25) is 0 Å². The van der Waals surface area contributed by atoms with Crippen molar-refractivity contribution in [3.05, 3.63) is 58.1 Å². The van der Waals surface area contributed by atoms with Gasteiger partial charge in [0.1, 0.15) is 5.75 Å². The Hall–Kier alpha value is -1.52. The minimum Gasteiger partial charge on any atom is -0.497 e. The summed E-state index contributed by atoms with van der Waals surface area (Å²) in [5.41, 5.74) is 3.47. The maximum absolute atomic E-state index is 8.90. The lowest BCUT2D eigenvalue weighted by Gasteiger charge is -2.11. The predicted octanol–water partition coefficient (Wildman–Crippen LogP) is 3.99. The molecular weight excluding hydrogens is 330 g/mol. The van der Waals surface area contributed by atoms with Gasteiger partial charge in [-0.1, -0.05) is 28.1 Å². The number of aryl methyl sites for hydroxylation is 1. The van der Waals surface area contributed by atoms with Crippen molar-refractivity contribution in [2.24, 2.45) is 0 Å². The quantitative estimate of drug-likeness (QED) is 0.793. The molecule has 2 aromatic rings. The van der Waals surface area contributed by atoms with Gasteiger partial charge in [0.25, 0.3) is 0 Å². The second-order valence-electron chi connectivity index (χ2n) is 4.84. The van der Waals surface area contributed by atoms with Crippen LogP contribution in [0.15, 0.2) is 46.9 Å². The molecule has 2 rings (SSSR count). The summed E-state index contributed by atoms with van der Waals surface area (Å²) in [6.07, 6.45) is 1.69. The van der Waals surface area contributed by atoms with Gasteiger partial charge in [0.15, 0.2) is 0 Å². The van der Waals surface area contributed by atoms with Crippen molar-refractivity contribution in [1.29, 1.82) is 0 Å². The van der Waals surface area contributed by atoms with Crippen molar-refractivity contribution in [3.8, 4) is 5.75 Å². The number of methoxy groups -OCH3 is 1. The summed E-state index contributed by atoms with van der Waals surface area (Å²) in [6, 6.07) is 14.3. The average Bonchev–Trinajstić information content (AvgIpc) is 2.52. The van der Waals surface area contributed by atoms with Crippen LogP contribution in [0.2, 0.25) is 0 Å². The van der Waals surface area contributed by atoms with Crippen LogP contribution in [-0.2, 0) is 13.0 Å². The highest BCUT2D eigenvalue weighted by atomic mass is 79.9. The summed E-state index contributed by atoms with van der Waals surface area (Å²) >= 11 is 3.56. The van der Waals surface area contributed by atoms with Crippen molar-refractivity contribution >= 4 is 21.6 Å². The number of hydrogen-bond donors (Lipinski definition) is 2. The zero-order valence-electron chi connectivity index (χ0n) is 12.1. The number of aliphatic hydroxyl groups excluding tert-OH is 1. The number of hydrogen-bond acceptors (Lipinski definition) is 3. The first kappa shape index (κ1) is 15.9. The highest BCUT2D eigenvalue weighted by Crippen LogP contribution is 2.23. The Morgan fingerprint density at radius 1 is 1.19 bits per heavy atom. The minimum atomic E-state index is 0.231. The Balaban J connectivity index is 2.02. The third-order valence-electron chi connectivity index (χ3n) is 3.29.